The van der Waals surface area contributed by atoms with Gasteiger partial charge in [0.05, 0.1) is 5.52 Å². The monoisotopic (exact) mass is 264 g/mol. The van der Waals surface area contributed by atoms with Crippen LogP contribution in [0.3, 0.4) is 0 Å². The highest BCUT2D eigenvalue weighted by atomic mass is 79.9. The Bertz CT molecular complexity index is 547. The predicted octanol–water partition coefficient (Wildman–Crippen LogP) is 3.50. The number of nitrogens with zero attached hydrogens (tertiary/aromatic N) is 1. The van der Waals surface area contributed by atoms with E-state index in [4.69, 9.17) is 5.73 Å². The Kier molecular flexibility index (Phi) is 2.43. The lowest BCUT2D eigenvalue weighted by Crippen LogP contribution is -1.98. The van der Waals surface area contributed by atoms with Gasteiger partial charge in [0.2, 0.25) is 0 Å². The lowest BCUT2D eigenvalue weighted by Gasteiger charge is -2.10. The van der Waals surface area contributed by atoms with Crippen LogP contribution in [0.25, 0.3) is 10.9 Å². The van der Waals surface area contributed by atoms with Crippen LogP contribution in [-0.4, -0.2) is 4.98 Å². The maximum absolute atomic E-state index is 6.10. The van der Waals surface area contributed by atoms with E-state index in [-0.39, 0.29) is 0 Å². The summed E-state index contributed by atoms with van der Waals surface area (Å²) in [5.41, 5.74) is 11.2. The summed E-state index contributed by atoms with van der Waals surface area (Å²) >= 11 is 3.48. The molecular weight excluding hydrogens is 252 g/mol. The van der Waals surface area contributed by atoms with Gasteiger partial charge in [-0.2, -0.15) is 0 Å². The summed E-state index contributed by atoms with van der Waals surface area (Å²) in [5.74, 6) is 0. The molecule has 2 aromatic rings. The third-order valence-corrected chi connectivity index (χ3v) is 3.24. The van der Waals surface area contributed by atoms with Crippen molar-refractivity contribution in [2.75, 3.05) is 5.73 Å². The molecule has 0 spiro atoms. The van der Waals surface area contributed by atoms with Gasteiger partial charge in [0.1, 0.15) is 0 Å². The van der Waals surface area contributed by atoms with E-state index in [9.17, 15) is 0 Å². The molecular formula is C12H13BrN2. The fourth-order valence-corrected chi connectivity index (χ4v) is 2.31. The minimum atomic E-state index is 0.835. The molecule has 2 rings (SSSR count). The average Bonchev–Trinajstić information content (AvgIpc) is 2.17. The second-order valence-electron chi connectivity index (χ2n) is 3.85. The largest absolute Gasteiger partial charge is 0.398 e. The Morgan fingerprint density at radius 1 is 1.20 bits per heavy atom. The van der Waals surface area contributed by atoms with Crippen LogP contribution in [0.4, 0.5) is 5.69 Å². The molecule has 15 heavy (non-hydrogen) atoms. The van der Waals surface area contributed by atoms with Crippen LogP contribution in [0, 0.1) is 20.8 Å². The summed E-state index contributed by atoms with van der Waals surface area (Å²) in [6.45, 7) is 6.05. The third-order valence-electron chi connectivity index (χ3n) is 2.78. The molecule has 2 N–H and O–H groups in total. The molecule has 3 heteroatoms. The molecule has 1 heterocycles. The summed E-state index contributed by atoms with van der Waals surface area (Å²) in [7, 11) is 0. The predicted molar refractivity (Wildman–Crippen MR) is 68.1 cm³/mol. The topological polar surface area (TPSA) is 38.9 Å². The molecule has 1 aromatic carbocycles. The first-order valence-corrected chi connectivity index (χ1v) is 5.62. The standard InChI is InChI=1S/C12H13BrN2/c1-6-4-9(13)5-10-11(14)7(2)8(3)15-12(6)10/h4-5H,1-3H3,(H2,14,15). The van der Waals surface area contributed by atoms with Crippen LogP contribution in [0.5, 0.6) is 0 Å². The number of hydrogen-bond acceptors (Lipinski definition) is 2. The van der Waals surface area contributed by atoms with Crippen LogP contribution >= 0.6 is 15.9 Å². The van der Waals surface area contributed by atoms with Gasteiger partial charge in [0, 0.05) is 21.2 Å². The molecule has 0 saturated heterocycles. The van der Waals surface area contributed by atoms with Crippen molar-refractivity contribution in [1.29, 1.82) is 0 Å². The van der Waals surface area contributed by atoms with Gasteiger partial charge >= 0.3 is 0 Å². The number of nitrogen functional groups attached to an aromatic ring is 1. The zero-order valence-corrected chi connectivity index (χ0v) is 10.6. The average molecular weight is 265 g/mol. The molecule has 1 aromatic heterocycles. The van der Waals surface area contributed by atoms with Crippen LogP contribution in [0.1, 0.15) is 16.8 Å². The van der Waals surface area contributed by atoms with Crippen LogP contribution in [-0.2, 0) is 0 Å². The maximum Gasteiger partial charge on any atom is 0.0756 e. The molecule has 0 atom stereocenters. The Balaban J connectivity index is 2.98. The van der Waals surface area contributed by atoms with Crippen molar-refractivity contribution in [2.45, 2.75) is 20.8 Å². The SMILES string of the molecule is Cc1nc2c(C)cc(Br)cc2c(N)c1C. The first-order chi connectivity index (χ1) is 7.00. The second-order valence-corrected chi connectivity index (χ2v) is 4.77. The zero-order valence-electron chi connectivity index (χ0n) is 9.06. The van der Waals surface area contributed by atoms with E-state index in [0.29, 0.717) is 0 Å². The Morgan fingerprint density at radius 2 is 1.87 bits per heavy atom. The molecule has 0 amide bonds. The van der Waals surface area contributed by atoms with Gasteiger partial charge in [-0.25, -0.2) is 0 Å². The van der Waals surface area contributed by atoms with Crippen molar-refractivity contribution in [1.82, 2.24) is 4.98 Å². The number of anilines is 1. The normalized spacial score (nSPS) is 10.9. The van der Waals surface area contributed by atoms with Crippen molar-refractivity contribution in [3.63, 3.8) is 0 Å². The molecule has 0 saturated carbocycles. The summed E-state index contributed by atoms with van der Waals surface area (Å²) in [6, 6.07) is 4.08. The Hall–Kier alpha value is -1.09. The van der Waals surface area contributed by atoms with Gasteiger partial charge in [-0.3, -0.25) is 4.98 Å². The van der Waals surface area contributed by atoms with Gasteiger partial charge in [-0.05, 0) is 44.0 Å². The molecule has 0 aliphatic heterocycles. The lowest BCUT2D eigenvalue weighted by atomic mass is 10.1. The molecule has 78 valence electrons. The van der Waals surface area contributed by atoms with Gasteiger partial charge in [-0.1, -0.05) is 15.9 Å². The number of aromatic nitrogens is 1. The van der Waals surface area contributed by atoms with E-state index in [1.165, 1.54) is 0 Å². The number of aryl methyl sites for hydroxylation is 2. The van der Waals surface area contributed by atoms with Gasteiger partial charge in [-0.15, -0.1) is 0 Å². The minimum Gasteiger partial charge on any atom is -0.398 e. The van der Waals surface area contributed by atoms with E-state index >= 15 is 0 Å². The minimum absolute atomic E-state index is 0.835. The van der Waals surface area contributed by atoms with E-state index in [0.717, 1.165) is 37.9 Å². The zero-order chi connectivity index (χ0) is 11.2. The van der Waals surface area contributed by atoms with E-state index in [1.807, 2.05) is 26.8 Å². The lowest BCUT2D eigenvalue weighted by molar-refractivity contribution is 1.19. The number of benzene rings is 1. The number of halogens is 1. The van der Waals surface area contributed by atoms with Crippen LogP contribution < -0.4 is 5.73 Å². The molecule has 0 aliphatic carbocycles. The summed E-state index contributed by atoms with van der Waals surface area (Å²) < 4.78 is 1.05. The molecule has 0 bridgehead atoms. The van der Waals surface area contributed by atoms with Crippen molar-refractivity contribution in [2.24, 2.45) is 0 Å². The fourth-order valence-electron chi connectivity index (χ4n) is 1.74. The fraction of sp³-hybridized carbons (Fsp3) is 0.250. The summed E-state index contributed by atoms with van der Waals surface area (Å²) in [6.07, 6.45) is 0. The van der Waals surface area contributed by atoms with E-state index < -0.39 is 0 Å². The quantitative estimate of drug-likeness (QED) is 0.791. The van der Waals surface area contributed by atoms with Gasteiger partial charge < -0.3 is 5.73 Å². The third kappa shape index (κ3) is 1.61. The molecule has 0 unspecified atom stereocenters. The van der Waals surface area contributed by atoms with Crippen LogP contribution in [0.15, 0.2) is 16.6 Å². The van der Waals surface area contributed by atoms with E-state index in [1.54, 1.807) is 0 Å². The first kappa shape index (κ1) is 10.4. The first-order valence-electron chi connectivity index (χ1n) is 4.83. The highest BCUT2D eigenvalue weighted by molar-refractivity contribution is 9.10. The second kappa shape index (κ2) is 3.49. The number of nitrogens with two attached hydrogens (primary N) is 1. The highest BCUT2D eigenvalue weighted by Crippen LogP contribution is 2.29. The van der Waals surface area contributed by atoms with Crippen molar-refractivity contribution >= 4 is 32.5 Å². The number of fused-ring (bicyclic) bond motifs is 1. The summed E-state index contributed by atoms with van der Waals surface area (Å²) in [4.78, 5) is 4.58. The molecule has 0 radical (unpaired) electrons. The highest BCUT2D eigenvalue weighted by Gasteiger charge is 2.08. The van der Waals surface area contributed by atoms with Crippen molar-refractivity contribution < 1.29 is 0 Å². The van der Waals surface area contributed by atoms with Crippen molar-refractivity contribution in [3.8, 4) is 0 Å². The molecule has 0 fully saturated rings. The maximum atomic E-state index is 6.10. The van der Waals surface area contributed by atoms with Gasteiger partial charge in [0.15, 0.2) is 0 Å². The number of rotatable bonds is 0. The smallest absolute Gasteiger partial charge is 0.0756 e. The van der Waals surface area contributed by atoms with Crippen LogP contribution in [0.2, 0.25) is 0 Å². The Labute approximate surface area is 97.6 Å². The molecule has 2 nitrogen and oxygen atoms in total. The number of pyridine rings is 1. The van der Waals surface area contributed by atoms with E-state index in [2.05, 4.69) is 27.0 Å². The molecule has 0 aliphatic rings. The Morgan fingerprint density at radius 3 is 2.53 bits per heavy atom. The number of hydrogen-bond donors (Lipinski definition) is 1. The van der Waals surface area contributed by atoms with Crippen molar-refractivity contribution in [3.05, 3.63) is 33.4 Å². The summed E-state index contributed by atoms with van der Waals surface area (Å²) in [5, 5.41) is 1.03. The van der Waals surface area contributed by atoms with Gasteiger partial charge in [0.25, 0.3) is 0 Å².